The summed E-state index contributed by atoms with van der Waals surface area (Å²) in [4.78, 5) is 2.44. The van der Waals surface area contributed by atoms with E-state index in [0.29, 0.717) is 18.1 Å². The van der Waals surface area contributed by atoms with Crippen molar-refractivity contribution >= 4 is 0 Å². The second kappa shape index (κ2) is 6.46. The number of nitrogens with two attached hydrogens (primary N) is 1. The van der Waals surface area contributed by atoms with E-state index >= 15 is 0 Å². The molecule has 1 saturated heterocycles. The molecule has 3 atom stereocenters. The Hall–Kier alpha value is -0.120. The molecule has 2 N–H and O–H groups in total. The summed E-state index contributed by atoms with van der Waals surface area (Å²) in [5.41, 5.74) is 5.71. The number of rotatable bonds is 6. The minimum atomic E-state index is 0.396. The van der Waals surface area contributed by atoms with Gasteiger partial charge in [-0.3, -0.25) is 0 Å². The van der Waals surface area contributed by atoms with E-state index in [1.54, 1.807) is 0 Å². The maximum atomic E-state index is 5.71. The average molecular weight is 214 g/mol. The Morgan fingerprint density at radius 1 is 1.53 bits per heavy atom. The smallest absolute Gasteiger partial charge is 0.0702 e. The molecule has 3 unspecified atom stereocenters. The summed E-state index contributed by atoms with van der Waals surface area (Å²) in [6.07, 6.45) is 3.98. The van der Waals surface area contributed by atoms with Crippen LogP contribution in [0.15, 0.2) is 0 Å². The Kier molecular flexibility index (Phi) is 5.58. The van der Waals surface area contributed by atoms with Crippen molar-refractivity contribution in [1.29, 1.82) is 0 Å². The minimum absolute atomic E-state index is 0.396. The van der Waals surface area contributed by atoms with Crippen molar-refractivity contribution in [2.45, 2.75) is 45.3 Å². The van der Waals surface area contributed by atoms with Crippen LogP contribution < -0.4 is 5.73 Å². The molecule has 3 heteroatoms. The van der Waals surface area contributed by atoms with Gasteiger partial charge in [-0.1, -0.05) is 13.3 Å². The molecule has 0 radical (unpaired) electrons. The molecule has 0 bridgehead atoms. The van der Waals surface area contributed by atoms with Crippen LogP contribution in [0.1, 0.15) is 33.1 Å². The lowest BCUT2D eigenvalue weighted by atomic mass is 10.0. The van der Waals surface area contributed by atoms with Crippen LogP contribution in [-0.2, 0) is 4.74 Å². The van der Waals surface area contributed by atoms with Crippen LogP contribution in [0.5, 0.6) is 0 Å². The van der Waals surface area contributed by atoms with Crippen molar-refractivity contribution < 1.29 is 4.74 Å². The molecule has 0 saturated carbocycles. The highest BCUT2D eigenvalue weighted by Gasteiger charge is 2.27. The molecule has 1 aliphatic heterocycles. The first kappa shape index (κ1) is 12.9. The van der Waals surface area contributed by atoms with Crippen molar-refractivity contribution in [3.63, 3.8) is 0 Å². The lowest BCUT2D eigenvalue weighted by Gasteiger charge is -2.27. The summed E-state index contributed by atoms with van der Waals surface area (Å²) >= 11 is 0. The zero-order valence-electron chi connectivity index (χ0n) is 10.4. The predicted molar refractivity (Wildman–Crippen MR) is 63.9 cm³/mol. The second-order valence-electron chi connectivity index (χ2n) is 4.71. The van der Waals surface area contributed by atoms with Crippen molar-refractivity contribution in [2.75, 3.05) is 26.7 Å². The van der Waals surface area contributed by atoms with E-state index in [0.717, 1.165) is 19.7 Å². The average Bonchev–Trinajstić information content (AvgIpc) is 2.66. The normalized spacial score (nSPS) is 28.6. The van der Waals surface area contributed by atoms with Gasteiger partial charge >= 0.3 is 0 Å². The Morgan fingerprint density at radius 3 is 2.73 bits per heavy atom. The molecule has 0 aliphatic carbocycles. The fourth-order valence-corrected chi connectivity index (χ4v) is 2.34. The number of likely N-dealkylation sites (N-methyl/N-ethyl adjacent to an activating group) is 1. The zero-order chi connectivity index (χ0) is 11.3. The predicted octanol–water partition coefficient (Wildman–Crippen LogP) is 1.47. The SMILES string of the molecule is CCC(CN)CCN(C)C1CCOC1C. The van der Waals surface area contributed by atoms with E-state index < -0.39 is 0 Å². The summed E-state index contributed by atoms with van der Waals surface area (Å²) < 4.78 is 5.58. The molecule has 15 heavy (non-hydrogen) atoms. The molecule has 0 spiro atoms. The van der Waals surface area contributed by atoms with Crippen LogP contribution in [0.2, 0.25) is 0 Å². The van der Waals surface area contributed by atoms with E-state index in [2.05, 4.69) is 25.8 Å². The van der Waals surface area contributed by atoms with E-state index in [1.807, 2.05) is 0 Å². The molecule has 0 amide bonds. The zero-order valence-corrected chi connectivity index (χ0v) is 10.4. The molecule has 1 aliphatic rings. The lowest BCUT2D eigenvalue weighted by Crippen LogP contribution is -2.38. The van der Waals surface area contributed by atoms with Crippen LogP contribution in [0, 0.1) is 5.92 Å². The van der Waals surface area contributed by atoms with Gasteiger partial charge in [0.05, 0.1) is 6.10 Å². The number of nitrogens with zero attached hydrogens (tertiary/aromatic N) is 1. The molecule has 0 aromatic carbocycles. The van der Waals surface area contributed by atoms with Crippen molar-refractivity contribution in [2.24, 2.45) is 11.7 Å². The van der Waals surface area contributed by atoms with Crippen LogP contribution in [0.25, 0.3) is 0 Å². The van der Waals surface area contributed by atoms with Gasteiger partial charge in [-0.25, -0.2) is 0 Å². The maximum absolute atomic E-state index is 5.71. The summed E-state index contributed by atoms with van der Waals surface area (Å²) in [6, 6.07) is 0.611. The van der Waals surface area contributed by atoms with Gasteiger partial charge in [0.2, 0.25) is 0 Å². The molecular weight excluding hydrogens is 188 g/mol. The fraction of sp³-hybridized carbons (Fsp3) is 1.00. The highest BCUT2D eigenvalue weighted by atomic mass is 16.5. The largest absolute Gasteiger partial charge is 0.377 e. The van der Waals surface area contributed by atoms with Gasteiger partial charge in [0.25, 0.3) is 0 Å². The first-order valence-corrected chi connectivity index (χ1v) is 6.21. The van der Waals surface area contributed by atoms with Crippen LogP contribution >= 0.6 is 0 Å². The number of hydrogen-bond acceptors (Lipinski definition) is 3. The van der Waals surface area contributed by atoms with Gasteiger partial charge in [0.1, 0.15) is 0 Å². The van der Waals surface area contributed by atoms with Gasteiger partial charge in [-0.05, 0) is 45.8 Å². The molecule has 1 heterocycles. The molecule has 90 valence electrons. The Balaban J connectivity index is 2.25. The molecule has 1 rings (SSSR count). The monoisotopic (exact) mass is 214 g/mol. The molecule has 0 aromatic heterocycles. The molecule has 3 nitrogen and oxygen atoms in total. The quantitative estimate of drug-likeness (QED) is 0.727. The van der Waals surface area contributed by atoms with Gasteiger partial charge in [0.15, 0.2) is 0 Å². The van der Waals surface area contributed by atoms with Crippen molar-refractivity contribution in [1.82, 2.24) is 4.90 Å². The maximum Gasteiger partial charge on any atom is 0.0702 e. The molecule has 0 aromatic rings. The summed E-state index contributed by atoms with van der Waals surface area (Å²) in [7, 11) is 2.21. The minimum Gasteiger partial charge on any atom is -0.377 e. The summed E-state index contributed by atoms with van der Waals surface area (Å²) in [5, 5.41) is 0. The third kappa shape index (κ3) is 3.74. The molecular formula is C12H26N2O. The second-order valence-corrected chi connectivity index (χ2v) is 4.71. The third-order valence-corrected chi connectivity index (χ3v) is 3.70. The van der Waals surface area contributed by atoms with Crippen LogP contribution in [0.3, 0.4) is 0 Å². The van der Waals surface area contributed by atoms with Gasteiger partial charge in [-0.15, -0.1) is 0 Å². The Labute approximate surface area is 94.0 Å². The number of ether oxygens (including phenoxy) is 1. The molecule has 1 fully saturated rings. The van der Waals surface area contributed by atoms with E-state index in [1.165, 1.54) is 19.3 Å². The summed E-state index contributed by atoms with van der Waals surface area (Å²) in [6.45, 7) is 7.28. The lowest BCUT2D eigenvalue weighted by molar-refractivity contribution is 0.0818. The van der Waals surface area contributed by atoms with Crippen molar-refractivity contribution in [3.8, 4) is 0 Å². The van der Waals surface area contributed by atoms with Crippen LogP contribution in [0.4, 0.5) is 0 Å². The van der Waals surface area contributed by atoms with Gasteiger partial charge in [0, 0.05) is 12.6 Å². The van der Waals surface area contributed by atoms with Gasteiger partial charge < -0.3 is 15.4 Å². The Morgan fingerprint density at radius 2 is 2.27 bits per heavy atom. The number of hydrogen-bond donors (Lipinski definition) is 1. The first-order chi connectivity index (χ1) is 7.19. The third-order valence-electron chi connectivity index (χ3n) is 3.70. The van der Waals surface area contributed by atoms with Crippen LogP contribution in [-0.4, -0.2) is 43.8 Å². The first-order valence-electron chi connectivity index (χ1n) is 6.21. The van der Waals surface area contributed by atoms with Crippen molar-refractivity contribution in [3.05, 3.63) is 0 Å². The van der Waals surface area contributed by atoms with E-state index in [9.17, 15) is 0 Å². The highest BCUT2D eigenvalue weighted by molar-refractivity contribution is 4.80. The van der Waals surface area contributed by atoms with Gasteiger partial charge in [-0.2, -0.15) is 0 Å². The summed E-state index contributed by atoms with van der Waals surface area (Å²) in [5.74, 6) is 0.685. The standard InChI is InChI=1S/C12H26N2O/c1-4-11(9-13)5-7-14(3)12-6-8-15-10(12)2/h10-12H,4-9,13H2,1-3H3. The topological polar surface area (TPSA) is 38.5 Å². The van der Waals surface area contributed by atoms with E-state index in [-0.39, 0.29) is 0 Å². The fourth-order valence-electron chi connectivity index (χ4n) is 2.34. The van der Waals surface area contributed by atoms with E-state index in [4.69, 9.17) is 10.5 Å². The highest BCUT2D eigenvalue weighted by Crippen LogP contribution is 2.19. The Bertz CT molecular complexity index is 171.